The number of rotatable bonds is 8. The van der Waals surface area contributed by atoms with Crippen LogP contribution in [0.25, 0.3) is 0 Å². The summed E-state index contributed by atoms with van der Waals surface area (Å²) in [6.07, 6.45) is 3.01. The van der Waals surface area contributed by atoms with E-state index in [-0.39, 0.29) is 17.9 Å². The van der Waals surface area contributed by atoms with Gasteiger partial charge in [-0.25, -0.2) is 0 Å². The molecule has 0 bridgehead atoms. The molecule has 1 saturated heterocycles. The molecule has 166 valence electrons. The van der Waals surface area contributed by atoms with E-state index in [2.05, 4.69) is 27.7 Å². The van der Waals surface area contributed by atoms with E-state index in [1.54, 1.807) is 11.3 Å². The Morgan fingerprint density at radius 1 is 0.938 bits per heavy atom. The van der Waals surface area contributed by atoms with Gasteiger partial charge in [0.05, 0.1) is 12.0 Å². The maximum atomic E-state index is 12.9. The van der Waals surface area contributed by atoms with Crippen LogP contribution < -0.4 is 15.5 Å². The highest BCUT2D eigenvalue weighted by molar-refractivity contribution is 7.10. The maximum absolute atomic E-state index is 12.9. The Morgan fingerprint density at radius 2 is 1.69 bits per heavy atom. The fourth-order valence-electron chi connectivity index (χ4n) is 4.12. The standard InChI is InChI=1S/C26H29N3O2S/c30-25(19-22-9-6-18-32-22)28-21-13-16-29(17-14-21)24-11-5-4-10-23(24)26(31)27-15-12-20-7-2-1-3-8-20/h1-11,18,21H,12-17,19H2,(H,27,31)(H,28,30). The van der Waals surface area contributed by atoms with Gasteiger partial charge in [-0.15, -0.1) is 11.3 Å². The second-order valence-electron chi connectivity index (χ2n) is 8.09. The van der Waals surface area contributed by atoms with Crippen LogP contribution in [-0.4, -0.2) is 37.5 Å². The first kappa shape index (κ1) is 22.1. The summed E-state index contributed by atoms with van der Waals surface area (Å²) in [5.74, 6) is 0.0481. The fraction of sp³-hybridized carbons (Fsp3) is 0.308. The third kappa shape index (κ3) is 5.98. The van der Waals surface area contributed by atoms with Crippen LogP contribution in [0.3, 0.4) is 0 Å². The molecule has 2 heterocycles. The van der Waals surface area contributed by atoms with Crippen molar-refractivity contribution >= 4 is 28.8 Å². The van der Waals surface area contributed by atoms with Crippen LogP contribution in [0.4, 0.5) is 5.69 Å². The normalized spacial score (nSPS) is 14.2. The van der Waals surface area contributed by atoms with E-state index in [9.17, 15) is 9.59 Å². The Balaban J connectivity index is 1.29. The summed E-state index contributed by atoms with van der Waals surface area (Å²) in [5, 5.41) is 8.23. The van der Waals surface area contributed by atoms with Crippen LogP contribution >= 0.6 is 11.3 Å². The lowest BCUT2D eigenvalue weighted by Crippen LogP contribution is -2.45. The first-order chi connectivity index (χ1) is 15.7. The van der Waals surface area contributed by atoms with Gasteiger partial charge < -0.3 is 15.5 Å². The molecule has 0 saturated carbocycles. The third-order valence-corrected chi connectivity index (χ3v) is 6.68. The van der Waals surface area contributed by atoms with E-state index in [0.29, 0.717) is 18.5 Å². The number of para-hydroxylation sites is 1. The maximum Gasteiger partial charge on any atom is 0.253 e. The SMILES string of the molecule is O=C(Cc1cccs1)NC1CCN(c2ccccc2C(=O)NCCc2ccccc2)CC1. The molecule has 0 unspecified atom stereocenters. The van der Waals surface area contributed by atoms with Crippen LogP contribution in [0.5, 0.6) is 0 Å². The molecule has 5 nitrogen and oxygen atoms in total. The molecule has 1 aromatic heterocycles. The minimum Gasteiger partial charge on any atom is -0.371 e. The van der Waals surface area contributed by atoms with Crippen LogP contribution in [0, 0.1) is 0 Å². The van der Waals surface area contributed by atoms with Crippen molar-refractivity contribution in [3.05, 3.63) is 88.1 Å². The first-order valence-electron chi connectivity index (χ1n) is 11.2. The zero-order valence-corrected chi connectivity index (χ0v) is 18.9. The van der Waals surface area contributed by atoms with E-state index >= 15 is 0 Å². The number of amides is 2. The van der Waals surface area contributed by atoms with Crippen molar-refractivity contribution in [3.8, 4) is 0 Å². The van der Waals surface area contributed by atoms with Gasteiger partial charge in [0.25, 0.3) is 5.91 Å². The van der Waals surface area contributed by atoms with Gasteiger partial charge in [0.15, 0.2) is 0 Å². The molecule has 32 heavy (non-hydrogen) atoms. The quantitative estimate of drug-likeness (QED) is 0.548. The number of nitrogens with one attached hydrogen (secondary N) is 2. The molecule has 2 aromatic carbocycles. The number of hydrogen-bond donors (Lipinski definition) is 2. The molecule has 2 N–H and O–H groups in total. The molecule has 0 radical (unpaired) electrons. The van der Waals surface area contributed by atoms with Gasteiger partial charge in [-0.1, -0.05) is 48.5 Å². The molecule has 0 spiro atoms. The number of carbonyl (C=O) groups is 2. The molecule has 0 aliphatic carbocycles. The summed E-state index contributed by atoms with van der Waals surface area (Å²) >= 11 is 1.61. The number of benzene rings is 2. The number of anilines is 1. The van der Waals surface area contributed by atoms with Gasteiger partial charge in [-0.3, -0.25) is 9.59 Å². The molecule has 1 aliphatic heterocycles. The second kappa shape index (κ2) is 11.0. The van der Waals surface area contributed by atoms with Crippen LogP contribution in [0.1, 0.15) is 33.6 Å². The van der Waals surface area contributed by atoms with Crippen molar-refractivity contribution in [1.82, 2.24) is 10.6 Å². The van der Waals surface area contributed by atoms with Crippen molar-refractivity contribution < 1.29 is 9.59 Å². The van der Waals surface area contributed by atoms with Crippen molar-refractivity contribution in [3.63, 3.8) is 0 Å². The predicted octanol–water partition coefficient (Wildman–Crippen LogP) is 4.05. The van der Waals surface area contributed by atoms with Crippen LogP contribution in [-0.2, 0) is 17.6 Å². The highest BCUT2D eigenvalue weighted by Gasteiger charge is 2.23. The van der Waals surface area contributed by atoms with E-state index in [0.717, 1.165) is 42.9 Å². The Bertz CT molecular complexity index is 1010. The Morgan fingerprint density at radius 3 is 2.44 bits per heavy atom. The Labute approximate surface area is 193 Å². The molecule has 3 aromatic rings. The molecule has 4 rings (SSSR count). The zero-order chi connectivity index (χ0) is 22.2. The lowest BCUT2D eigenvalue weighted by molar-refractivity contribution is -0.121. The van der Waals surface area contributed by atoms with Crippen molar-refractivity contribution in [2.24, 2.45) is 0 Å². The average Bonchev–Trinajstić information content (AvgIpc) is 3.33. The lowest BCUT2D eigenvalue weighted by Gasteiger charge is -2.35. The third-order valence-electron chi connectivity index (χ3n) is 5.81. The smallest absolute Gasteiger partial charge is 0.253 e. The Hall–Kier alpha value is -3.12. The number of carbonyl (C=O) groups excluding carboxylic acids is 2. The summed E-state index contributed by atoms with van der Waals surface area (Å²) in [4.78, 5) is 28.5. The number of nitrogens with zero attached hydrogens (tertiary/aromatic N) is 1. The number of thiophene rings is 1. The molecule has 0 atom stereocenters. The number of hydrogen-bond acceptors (Lipinski definition) is 4. The van der Waals surface area contributed by atoms with Crippen LogP contribution in [0.2, 0.25) is 0 Å². The molecule has 1 fully saturated rings. The van der Waals surface area contributed by atoms with E-state index < -0.39 is 0 Å². The minimum atomic E-state index is -0.0390. The highest BCUT2D eigenvalue weighted by Crippen LogP contribution is 2.24. The summed E-state index contributed by atoms with van der Waals surface area (Å²) in [6, 6.07) is 22.1. The van der Waals surface area contributed by atoms with Crippen molar-refractivity contribution in [2.45, 2.75) is 31.7 Å². The monoisotopic (exact) mass is 447 g/mol. The van der Waals surface area contributed by atoms with Crippen LogP contribution in [0.15, 0.2) is 72.1 Å². The summed E-state index contributed by atoms with van der Waals surface area (Å²) in [6.45, 7) is 2.24. The van der Waals surface area contributed by atoms with Gasteiger partial charge in [-0.2, -0.15) is 0 Å². The molecule has 2 amide bonds. The van der Waals surface area contributed by atoms with Gasteiger partial charge >= 0.3 is 0 Å². The second-order valence-corrected chi connectivity index (χ2v) is 9.13. The van der Waals surface area contributed by atoms with Gasteiger partial charge in [0.2, 0.25) is 5.91 Å². The average molecular weight is 448 g/mol. The lowest BCUT2D eigenvalue weighted by atomic mass is 10.0. The minimum absolute atomic E-state index is 0.0390. The van der Waals surface area contributed by atoms with Crippen molar-refractivity contribution in [1.29, 1.82) is 0 Å². The fourth-order valence-corrected chi connectivity index (χ4v) is 4.82. The van der Waals surface area contributed by atoms with Gasteiger partial charge in [0, 0.05) is 36.2 Å². The highest BCUT2D eigenvalue weighted by atomic mass is 32.1. The zero-order valence-electron chi connectivity index (χ0n) is 18.1. The summed E-state index contributed by atoms with van der Waals surface area (Å²) in [5.41, 5.74) is 2.89. The molecular formula is C26H29N3O2S. The molecular weight excluding hydrogens is 418 g/mol. The van der Waals surface area contributed by atoms with Crippen molar-refractivity contribution in [2.75, 3.05) is 24.5 Å². The topological polar surface area (TPSA) is 61.4 Å². The van der Waals surface area contributed by atoms with E-state index in [1.807, 2.05) is 60.0 Å². The summed E-state index contributed by atoms with van der Waals surface area (Å²) in [7, 11) is 0. The van der Waals surface area contributed by atoms with Gasteiger partial charge in [-0.05, 0) is 48.4 Å². The van der Waals surface area contributed by atoms with Gasteiger partial charge in [0.1, 0.15) is 0 Å². The first-order valence-corrected chi connectivity index (χ1v) is 12.0. The predicted molar refractivity (Wildman–Crippen MR) is 130 cm³/mol. The van der Waals surface area contributed by atoms with E-state index in [1.165, 1.54) is 5.56 Å². The van der Waals surface area contributed by atoms with E-state index in [4.69, 9.17) is 0 Å². The Kier molecular flexibility index (Phi) is 7.56. The summed E-state index contributed by atoms with van der Waals surface area (Å²) < 4.78 is 0. The number of piperidine rings is 1. The molecule has 1 aliphatic rings. The largest absolute Gasteiger partial charge is 0.371 e. The molecule has 6 heteroatoms.